The third-order valence-corrected chi connectivity index (χ3v) is 11.1. The van der Waals surface area contributed by atoms with Crippen LogP contribution in [0.3, 0.4) is 0 Å². The molecule has 0 aliphatic rings. The number of thiophene rings is 1. The van der Waals surface area contributed by atoms with E-state index < -0.39 is 0 Å². The maximum absolute atomic E-state index is 5.33. The smallest absolute Gasteiger partial charge is 0.160 e. The molecule has 0 bridgehead atoms. The van der Waals surface area contributed by atoms with E-state index in [0.717, 1.165) is 45.0 Å². The van der Waals surface area contributed by atoms with Crippen LogP contribution in [0, 0.1) is 0 Å². The fraction of sp³-hybridized carbons (Fsp3) is 0. The molecular weight excluding hydrogens is 637 g/mol. The second kappa shape index (κ2) is 12.2. The van der Waals surface area contributed by atoms with Crippen LogP contribution in [0.2, 0.25) is 0 Å². The zero-order chi connectivity index (χ0) is 33.7. The van der Waals surface area contributed by atoms with Gasteiger partial charge in [-0.25, -0.2) is 9.97 Å². The maximum Gasteiger partial charge on any atom is 0.160 e. The van der Waals surface area contributed by atoms with E-state index in [2.05, 4.69) is 158 Å². The highest BCUT2D eigenvalue weighted by molar-refractivity contribution is 7.26. The van der Waals surface area contributed by atoms with Gasteiger partial charge in [-0.15, -0.1) is 11.3 Å². The Balaban J connectivity index is 1.20. The first-order chi connectivity index (χ1) is 25.3. The molecule has 10 rings (SSSR count). The average molecular weight is 667 g/mol. The summed E-state index contributed by atoms with van der Waals surface area (Å²) < 4.78 is 2.50. The average Bonchev–Trinajstić information content (AvgIpc) is 3.59. The van der Waals surface area contributed by atoms with Crippen LogP contribution in [-0.2, 0) is 0 Å². The van der Waals surface area contributed by atoms with Crippen LogP contribution in [0.4, 0.5) is 0 Å². The van der Waals surface area contributed by atoms with Crippen molar-refractivity contribution in [2.24, 2.45) is 0 Å². The molecule has 0 spiro atoms. The normalized spacial score (nSPS) is 11.5. The SMILES string of the molecule is c1ccc(-c2cc(-c3c(-c4ccc(-c5cc6ccccc6c6ccccc56)cc4)ccc4c3sc3ccccc34)nc(-c3ccccc3)n2)cc1. The van der Waals surface area contributed by atoms with E-state index in [4.69, 9.17) is 9.97 Å². The lowest BCUT2D eigenvalue weighted by Gasteiger charge is -2.15. The quantitative estimate of drug-likeness (QED) is 0.171. The summed E-state index contributed by atoms with van der Waals surface area (Å²) in [4.78, 5) is 10.4. The van der Waals surface area contributed by atoms with Gasteiger partial charge >= 0.3 is 0 Å². The summed E-state index contributed by atoms with van der Waals surface area (Å²) >= 11 is 1.84. The van der Waals surface area contributed by atoms with Gasteiger partial charge in [0.15, 0.2) is 5.82 Å². The van der Waals surface area contributed by atoms with Gasteiger partial charge < -0.3 is 0 Å². The zero-order valence-electron chi connectivity index (χ0n) is 27.6. The molecule has 51 heavy (non-hydrogen) atoms. The Kier molecular flexibility index (Phi) is 7.04. The zero-order valence-corrected chi connectivity index (χ0v) is 28.4. The van der Waals surface area contributed by atoms with Crippen LogP contribution >= 0.6 is 11.3 Å². The molecular formula is C48H30N2S. The van der Waals surface area contributed by atoms with E-state index in [-0.39, 0.29) is 0 Å². The number of fused-ring (bicyclic) bond motifs is 6. The van der Waals surface area contributed by atoms with Crippen molar-refractivity contribution in [3.8, 4) is 56.2 Å². The van der Waals surface area contributed by atoms with Gasteiger partial charge in [-0.05, 0) is 62.0 Å². The molecule has 8 aromatic carbocycles. The topological polar surface area (TPSA) is 25.8 Å². The minimum Gasteiger partial charge on any atom is -0.228 e. The van der Waals surface area contributed by atoms with Crippen molar-refractivity contribution in [2.75, 3.05) is 0 Å². The van der Waals surface area contributed by atoms with Gasteiger partial charge in [0.1, 0.15) is 0 Å². The van der Waals surface area contributed by atoms with Crippen molar-refractivity contribution >= 4 is 53.1 Å². The number of aromatic nitrogens is 2. The van der Waals surface area contributed by atoms with Crippen LogP contribution in [-0.4, -0.2) is 9.97 Å². The number of hydrogen-bond donors (Lipinski definition) is 0. The highest BCUT2D eigenvalue weighted by Crippen LogP contribution is 2.46. The summed E-state index contributed by atoms with van der Waals surface area (Å²) in [5.74, 6) is 0.717. The van der Waals surface area contributed by atoms with Crippen LogP contribution in [0.5, 0.6) is 0 Å². The van der Waals surface area contributed by atoms with Gasteiger partial charge in [0.25, 0.3) is 0 Å². The van der Waals surface area contributed by atoms with Gasteiger partial charge in [0.2, 0.25) is 0 Å². The molecule has 0 amide bonds. The van der Waals surface area contributed by atoms with E-state index in [9.17, 15) is 0 Å². The van der Waals surface area contributed by atoms with Gasteiger partial charge in [-0.3, -0.25) is 0 Å². The Morgan fingerprint density at radius 2 is 0.941 bits per heavy atom. The summed E-state index contributed by atoms with van der Waals surface area (Å²) in [5.41, 5.74) is 9.76. The third kappa shape index (κ3) is 5.10. The van der Waals surface area contributed by atoms with Gasteiger partial charge in [0, 0.05) is 36.9 Å². The summed E-state index contributed by atoms with van der Waals surface area (Å²) in [6, 6.07) is 65.0. The van der Waals surface area contributed by atoms with E-state index in [1.54, 1.807) is 0 Å². The fourth-order valence-corrected chi connectivity index (χ4v) is 8.71. The highest BCUT2D eigenvalue weighted by atomic mass is 32.1. The van der Waals surface area contributed by atoms with Crippen molar-refractivity contribution in [3.63, 3.8) is 0 Å². The van der Waals surface area contributed by atoms with Crippen LogP contribution in [0.25, 0.3) is 97.9 Å². The molecule has 0 aliphatic carbocycles. The standard InChI is InChI=1S/C48H30N2S/c1-3-13-33(14-4-1)43-30-44(50-48(49-43)34-15-5-2-6-16-34)46-37(27-28-41-40-21-11-12-22-45(40)51-47(41)46)31-23-25-32(26-24-31)42-29-35-17-7-8-18-36(35)38-19-9-10-20-39(38)42/h1-30H. The minimum absolute atomic E-state index is 0.717. The van der Waals surface area contributed by atoms with Gasteiger partial charge in [-0.2, -0.15) is 0 Å². The predicted molar refractivity (Wildman–Crippen MR) is 217 cm³/mol. The van der Waals surface area contributed by atoms with Crippen LogP contribution in [0.15, 0.2) is 182 Å². The second-order valence-electron chi connectivity index (χ2n) is 12.9. The lowest BCUT2D eigenvalue weighted by molar-refractivity contribution is 1.19. The molecule has 0 N–H and O–H groups in total. The van der Waals surface area contributed by atoms with Crippen molar-refractivity contribution in [1.29, 1.82) is 0 Å². The molecule has 2 aromatic heterocycles. The fourth-order valence-electron chi connectivity index (χ4n) is 7.45. The number of rotatable bonds is 5. The molecule has 10 aromatic rings. The molecule has 3 heteroatoms. The van der Waals surface area contributed by atoms with Crippen LogP contribution in [0.1, 0.15) is 0 Å². The summed E-state index contributed by atoms with van der Waals surface area (Å²) in [5, 5.41) is 7.59. The predicted octanol–water partition coefficient (Wildman–Crippen LogP) is 13.5. The summed E-state index contributed by atoms with van der Waals surface area (Å²) in [7, 11) is 0. The van der Waals surface area contributed by atoms with Crippen molar-refractivity contribution in [2.45, 2.75) is 0 Å². The first-order valence-corrected chi connectivity index (χ1v) is 18.1. The largest absolute Gasteiger partial charge is 0.228 e. The Morgan fingerprint density at radius 1 is 0.353 bits per heavy atom. The summed E-state index contributed by atoms with van der Waals surface area (Å²) in [6.07, 6.45) is 0. The Morgan fingerprint density at radius 3 is 1.71 bits per heavy atom. The first kappa shape index (κ1) is 29.5. The van der Waals surface area contributed by atoms with Gasteiger partial charge in [-0.1, -0.05) is 164 Å². The molecule has 0 saturated heterocycles. The first-order valence-electron chi connectivity index (χ1n) is 17.2. The van der Waals surface area contributed by atoms with Gasteiger partial charge in [0.05, 0.1) is 11.4 Å². The Bertz CT molecular complexity index is 2830. The molecule has 0 aliphatic heterocycles. The Hall–Kier alpha value is -6.42. The number of benzene rings is 8. The second-order valence-corrected chi connectivity index (χ2v) is 14.0. The van der Waals surface area contributed by atoms with Crippen molar-refractivity contribution in [3.05, 3.63) is 182 Å². The van der Waals surface area contributed by atoms with E-state index in [0.29, 0.717) is 0 Å². The highest BCUT2D eigenvalue weighted by Gasteiger charge is 2.20. The van der Waals surface area contributed by atoms with E-state index in [1.165, 1.54) is 52.8 Å². The minimum atomic E-state index is 0.717. The van der Waals surface area contributed by atoms with Crippen molar-refractivity contribution < 1.29 is 0 Å². The van der Waals surface area contributed by atoms with E-state index >= 15 is 0 Å². The molecule has 0 saturated carbocycles. The molecule has 2 nitrogen and oxygen atoms in total. The lowest BCUT2D eigenvalue weighted by atomic mass is 9.91. The van der Waals surface area contributed by atoms with Crippen LogP contribution < -0.4 is 0 Å². The molecule has 0 radical (unpaired) electrons. The maximum atomic E-state index is 5.33. The summed E-state index contributed by atoms with van der Waals surface area (Å²) in [6.45, 7) is 0. The molecule has 0 atom stereocenters. The molecule has 238 valence electrons. The lowest BCUT2D eigenvalue weighted by Crippen LogP contribution is -1.97. The number of nitrogens with zero attached hydrogens (tertiary/aromatic N) is 2. The monoisotopic (exact) mass is 666 g/mol. The Labute approximate surface area is 300 Å². The third-order valence-electron chi connectivity index (χ3n) is 9.91. The molecule has 0 fully saturated rings. The molecule has 2 heterocycles. The van der Waals surface area contributed by atoms with Crippen molar-refractivity contribution in [1.82, 2.24) is 9.97 Å². The number of hydrogen-bond acceptors (Lipinski definition) is 3. The van der Waals surface area contributed by atoms with E-state index in [1.807, 2.05) is 35.6 Å². The molecule has 0 unspecified atom stereocenters.